The Labute approximate surface area is 123 Å². The molecule has 0 bridgehead atoms. The second kappa shape index (κ2) is 6.78. The summed E-state index contributed by atoms with van der Waals surface area (Å²) >= 11 is 7.60. The number of ketones is 1. The van der Waals surface area contributed by atoms with E-state index in [1.807, 2.05) is 48.5 Å². The fourth-order valence-corrected chi connectivity index (χ4v) is 2.58. The Balaban J connectivity index is 2.05. The van der Waals surface area contributed by atoms with Gasteiger partial charge in [-0.3, -0.25) is 4.79 Å². The van der Waals surface area contributed by atoms with Crippen molar-refractivity contribution in [2.24, 2.45) is 0 Å². The second-order valence-electron chi connectivity index (χ2n) is 4.18. The highest BCUT2D eigenvalue weighted by Crippen LogP contribution is 2.19. The first-order valence-electron chi connectivity index (χ1n) is 6.19. The number of carbonyl (C=O) groups excluding carboxylic acids is 1. The van der Waals surface area contributed by atoms with Crippen molar-refractivity contribution in [1.29, 1.82) is 0 Å². The topological polar surface area (TPSA) is 17.1 Å². The molecule has 0 unspecified atom stereocenters. The van der Waals surface area contributed by atoms with Crippen LogP contribution < -0.4 is 0 Å². The minimum atomic E-state index is 0.135. The van der Waals surface area contributed by atoms with Gasteiger partial charge in [0.15, 0.2) is 5.78 Å². The summed E-state index contributed by atoms with van der Waals surface area (Å²) in [5.41, 5.74) is 1.75. The molecule has 19 heavy (non-hydrogen) atoms. The summed E-state index contributed by atoms with van der Waals surface area (Å²) in [6.07, 6.45) is 0.414. The third-order valence-corrected chi connectivity index (χ3v) is 3.91. The first kappa shape index (κ1) is 14.2. The van der Waals surface area contributed by atoms with Crippen molar-refractivity contribution in [3.8, 4) is 0 Å². The fraction of sp³-hybridized carbons (Fsp3) is 0.188. The highest BCUT2D eigenvalue weighted by molar-refractivity contribution is 7.99. The molecule has 0 radical (unpaired) electrons. The van der Waals surface area contributed by atoms with Crippen LogP contribution in [0.3, 0.4) is 0 Å². The van der Waals surface area contributed by atoms with E-state index in [0.717, 1.165) is 16.9 Å². The molecular weight excluding hydrogens is 276 g/mol. The van der Waals surface area contributed by atoms with Gasteiger partial charge in [0, 0.05) is 21.9 Å². The second-order valence-corrected chi connectivity index (χ2v) is 5.96. The van der Waals surface area contributed by atoms with E-state index in [0.29, 0.717) is 11.4 Å². The zero-order valence-corrected chi connectivity index (χ0v) is 12.3. The summed E-state index contributed by atoms with van der Waals surface area (Å²) < 4.78 is 0. The summed E-state index contributed by atoms with van der Waals surface area (Å²) in [4.78, 5) is 13.3. The van der Waals surface area contributed by atoms with Crippen molar-refractivity contribution >= 4 is 29.1 Å². The zero-order valence-electron chi connectivity index (χ0n) is 10.7. The Morgan fingerprint density at radius 1 is 1.05 bits per heavy atom. The van der Waals surface area contributed by atoms with Crippen LogP contribution in [0.1, 0.15) is 22.8 Å². The standard InChI is InChI=1S/C16H15ClOS/c1-2-19-15-9-5-13(6-10-15)16(18)11-12-3-7-14(17)8-4-12/h3-10H,2,11H2,1H3. The Kier molecular flexibility index (Phi) is 5.06. The molecule has 0 atom stereocenters. The van der Waals surface area contributed by atoms with E-state index < -0.39 is 0 Å². The molecule has 0 N–H and O–H groups in total. The van der Waals surface area contributed by atoms with Crippen molar-refractivity contribution in [1.82, 2.24) is 0 Å². The van der Waals surface area contributed by atoms with E-state index in [2.05, 4.69) is 6.92 Å². The quantitative estimate of drug-likeness (QED) is 0.577. The number of hydrogen-bond donors (Lipinski definition) is 0. The van der Waals surface area contributed by atoms with E-state index in [1.54, 1.807) is 11.8 Å². The Morgan fingerprint density at radius 3 is 2.26 bits per heavy atom. The maximum Gasteiger partial charge on any atom is 0.167 e. The summed E-state index contributed by atoms with van der Waals surface area (Å²) in [5, 5.41) is 0.692. The minimum absolute atomic E-state index is 0.135. The molecular formula is C16H15ClOS. The van der Waals surface area contributed by atoms with E-state index in [-0.39, 0.29) is 5.78 Å². The Bertz CT molecular complexity index is 546. The number of hydrogen-bond acceptors (Lipinski definition) is 2. The number of rotatable bonds is 5. The van der Waals surface area contributed by atoms with Crippen LogP contribution in [0.4, 0.5) is 0 Å². The van der Waals surface area contributed by atoms with E-state index in [4.69, 9.17) is 11.6 Å². The van der Waals surface area contributed by atoms with Gasteiger partial charge in [-0.05, 0) is 35.6 Å². The predicted molar refractivity (Wildman–Crippen MR) is 82.3 cm³/mol. The maximum atomic E-state index is 12.1. The smallest absolute Gasteiger partial charge is 0.167 e. The van der Waals surface area contributed by atoms with Gasteiger partial charge in [0.1, 0.15) is 0 Å². The van der Waals surface area contributed by atoms with Gasteiger partial charge in [0.05, 0.1) is 0 Å². The lowest BCUT2D eigenvalue weighted by Crippen LogP contribution is -2.03. The fourth-order valence-electron chi connectivity index (χ4n) is 1.79. The van der Waals surface area contributed by atoms with Crippen LogP contribution in [-0.4, -0.2) is 11.5 Å². The third-order valence-electron chi connectivity index (χ3n) is 2.77. The SMILES string of the molecule is CCSc1ccc(C(=O)Cc2ccc(Cl)cc2)cc1. The largest absolute Gasteiger partial charge is 0.294 e. The van der Waals surface area contributed by atoms with Crippen LogP contribution >= 0.6 is 23.4 Å². The molecule has 1 nitrogen and oxygen atoms in total. The Hall–Kier alpha value is -1.25. The molecule has 0 saturated carbocycles. The summed E-state index contributed by atoms with van der Waals surface area (Å²) in [5.74, 6) is 1.17. The lowest BCUT2D eigenvalue weighted by molar-refractivity contribution is 0.0993. The lowest BCUT2D eigenvalue weighted by atomic mass is 10.0. The van der Waals surface area contributed by atoms with Gasteiger partial charge in [-0.2, -0.15) is 0 Å². The van der Waals surface area contributed by atoms with E-state index >= 15 is 0 Å². The van der Waals surface area contributed by atoms with Gasteiger partial charge >= 0.3 is 0 Å². The van der Waals surface area contributed by atoms with Gasteiger partial charge in [0.2, 0.25) is 0 Å². The van der Waals surface area contributed by atoms with Crippen LogP contribution in [0.5, 0.6) is 0 Å². The van der Waals surface area contributed by atoms with Crippen LogP contribution in [0, 0.1) is 0 Å². The van der Waals surface area contributed by atoms with Crippen molar-refractivity contribution in [3.05, 3.63) is 64.7 Å². The van der Waals surface area contributed by atoms with Gasteiger partial charge in [-0.15, -0.1) is 11.8 Å². The lowest BCUT2D eigenvalue weighted by Gasteiger charge is -2.03. The highest BCUT2D eigenvalue weighted by Gasteiger charge is 2.07. The molecule has 0 aliphatic heterocycles. The van der Waals surface area contributed by atoms with E-state index in [1.165, 1.54) is 4.90 Å². The van der Waals surface area contributed by atoms with Crippen LogP contribution in [0.2, 0.25) is 5.02 Å². The maximum absolute atomic E-state index is 12.1. The average molecular weight is 291 g/mol. The molecule has 2 aromatic rings. The molecule has 98 valence electrons. The molecule has 0 aliphatic rings. The molecule has 0 saturated heterocycles. The molecule has 0 aromatic heterocycles. The third kappa shape index (κ3) is 4.12. The van der Waals surface area contributed by atoms with Crippen molar-refractivity contribution in [3.63, 3.8) is 0 Å². The zero-order chi connectivity index (χ0) is 13.7. The monoisotopic (exact) mass is 290 g/mol. The van der Waals surface area contributed by atoms with Crippen LogP contribution in [-0.2, 0) is 6.42 Å². The highest BCUT2D eigenvalue weighted by atomic mass is 35.5. The first-order valence-corrected chi connectivity index (χ1v) is 7.56. The van der Waals surface area contributed by atoms with Crippen molar-refractivity contribution in [2.45, 2.75) is 18.2 Å². The number of carbonyl (C=O) groups is 1. The predicted octanol–water partition coefficient (Wildman–Crippen LogP) is 4.88. The summed E-state index contributed by atoms with van der Waals surface area (Å²) in [7, 11) is 0. The number of halogens is 1. The molecule has 3 heteroatoms. The van der Waals surface area contributed by atoms with Gasteiger partial charge in [-0.25, -0.2) is 0 Å². The van der Waals surface area contributed by atoms with Crippen LogP contribution in [0.25, 0.3) is 0 Å². The van der Waals surface area contributed by atoms with Gasteiger partial charge in [0.25, 0.3) is 0 Å². The molecule has 0 aliphatic carbocycles. The average Bonchev–Trinajstić information content (AvgIpc) is 2.42. The van der Waals surface area contributed by atoms with Gasteiger partial charge < -0.3 is 0 Å². The van der Waals surface area contributed by atoms with Gasteiger partial charge in [-0.1, -0.05) is 42.8 Å². The van der Waals surface area contributed by atoms with Crippen molar-refractivity contribution < 1.29 is 4.79 Å². The molecule has 0 amide bonds. The number of benzene rings is 2. The molecule has 2 aromatic carbocycles. The summed E-state index contributed by atoms with van der Waals surface area (Å²) in [6.45, 7) is 2.12. The molecule has 2 rings (SSSR count). The normalized spacial score (nSPS) is 10.4. The molecule has 0 spiro atoms. The van der Waals surface area contributed by atoms with E-state index in [9.17, 15) is 4.79 Å². The Morgan fingerprint density at radius 2 is 1.68 bits per heavy atom. The molecule has 0 fully saturated rings. The van der Waals surface area contributed by atoms with Crippen molar-refractivity contribution in [2.75, 3.05) is 5.75 Å². The van der Waals surface area contributed by atoms with Crippen LogP contribution in [0.15, 0.2) is 53.4 Å². The summed E-state index contributed by atoms with van der Waals surface area (Å²) in [6, 6.07) is 15.2. The molecule has 0 heterocycles. The number of Topliss-reactive ketones (excluding diaryl/α,β-unsaturated/α-hetero) is 1. The first-order chi connectivity index (χ1) is 9.19. The number of thioether (sulfide) groups is 1. The minimum Gasteiger partial charge on any atom is -0.294 e.